The van der Waals surface area contributed by atoms with E-state index in [2.05, 4.69) is 198 Å². The van der Waals surface area contributed by atoms with Gasteiger partial charge >= 0.3 is 39.5 Å². The van der Waals surface area contributed by atoms with Gasteiger partial charge in [0.1, 0.15) is 19.3 Å². The van der Waals surface area contributed by atoms with Crippen molar-refractivity contribution in [3.63, 3.8) is 0 Å². The minimum absolute atomic E-state index is 0.0672. The molecule has 17 nitrogen and oxygen atoms in total. The zero-order valence-corrected chi connectivity index (χ0v) is 68.5. The second kappa shape index (κ2) is 79.0. The van der Waals surface area contributed by atoms with Crippen LogP contribution in [-0.4, -0.2) is 96.7 Å². The Hall–Kier alpha value is -6.10. The van der Waals surface area contributed by atoms with Crippen molar-refractivity contribution in [3.8, 4) is 0 Å². The zero-order valence-electron chi connectivity index (χ0n) is 66.7. The van der Waals surface area contributed by atoms with E-state index in [0.717, 1.165) is 167 Å². The lowest BCUT2D eigenvalue weighted by Crippen LogP contribution is -2.30. The molecule has 0 rings (SSSR count). The van der Waals surface area contributed by atoms with Crippen LogP contribution in [0.25, 0.3) is 0 Å². The van der Waals surface area contributed by atoms with Gasteiger partial charge in [0.15, 0.2) is 12.2 Å². The summed E-state index contributed by atoms with van der Waals surface area (Å²) >= 11 is 0. The third kappa shape index (κ3) is 78.0. The molecule has 0 aliphatic carbocycles. The summed E-state index contributed by atoms with van der Waals surface area (Å²) in [5, 5.41) is 10.7. The van der Waals surface area contributed by atoms with Crippen molar-refractivity contribution in [1.29, 1.82) is 0 Å². The van der Waals surface area contributed by atoms with Crippen LogP contribution in [-0.2, 0) is 65.4 Å². The monoisotopic (exact) mass is 1540 g/mol. The average Bonchev–Trinajstić information content (AvgIpc) is 0.923. The fourth-order valence-electron chi connectivity index (χ4n) is 9.99. The Bertz CT molecular complexity index is 2810. The molecular weight excluding hydrogens is 1400 g/mol. The molecule has 0 saturated heterocycles. The fourth-order valence-corrected chi connectivity index (χ4v) is 11.6. The van der Waals surface area contributed by atoms with Crippen molar-refractivity contribution in [2.24, 2.45) is 0 Å². The van der Waals surface area contributed by atoms with Crippen LogP contribution in [0.3, 0.4) is 0 Å². The molecule has 0 aromatic rings. The molecule has 19 heteroatoms. The fraction of sp³-hybridized carbons (Fsp3) is 0.596. The van der Waals surface area contributed by atoms with Crippen molar-refractivity contribution >= 4 is 39.5 Å². The summed E-state index contributed by atoms with van der Waals surface area (Å²) in [6.45, 7) is 4.31. The van der Waals surface area contributed by atoms with E-state index < -0.39 is 97.5 Å². The largest absolute Gasteiger partial charge is 0.472 e. The number of hydrogen-bond donors (Lipinski definition) is 3. The molecule has 3 N–H and O–H groups in total. The topological polar surface area (TPSA) is 237 Å². The maximum absolute atomic E-state index is 13.1. The molecule has 108 heavy (non-hydrogen) atoms. The standard InChI is InChI=1S/C89H142O17P2/c1-5-9-13-17-21-25-29-33-37-39-41-43-47-49-53-57-61-65-69-73-86(91)99-79-84(105-88(93)75-71-67-63-59-55-51-45-35-31-27-23-19-15-11-7-3)81-103-107(95,96)101-77-83(90)78-102-108(97,98)104-82-85(106-89(94)76-72-68-64-60-56-52-46-36-32-28-24-20-16-12-8-4)80-100-87(92)74-70-66-62-58-54-50-48-44-42-40-38-34-30-26-22-18-14-10-6-2/h9-11,13-15,21-23,25-27,33-38,41-46,49-50,53-55,59,67,71,83-85,90H,5-8,12,16-20,24,28-32,39-40,47-48,51-52,56-58,60-66,68-70,72-82H2,1-4H3,(H,95,96)(H,97,98)/b13-9-,14-10-,15-11-,25-21-,26-22-,27-23-,37-33-,38-34-,43-41-,44-42-,45-35-,46-36-,53-49-,54-50-,59-55-,71-67-. The Morgan fingerprint density at radius 3 is 0.843 bits per heavy atom. The van der Waals surface area contributed by atoms with Crippen LogP contribution >= 0.6 is 15.6 Å². The highest BCUT2D eigenvalue weighted by atomic mass is 31.2. The summed E-state index contributed by atoms with van der Waals surface area (Å²) in [6, 6.07) is 0. The highest BCUT2D eigenvalue weighted by Gasteiger charge is 2.30. The van der Waals surface area contributed by atoms with Gasteiger partial charge in [-0.15, -0.1) is 0 Å². The SMILES string of the molecule is CC/C=C\C/C=C\C/C=C\C/C=C\C/C=C\CCCCCC(=O)OCC(COP(=O)(O)OCC(O)COP(=O)(O)OCC(COC(=O)CCCCC/C=C\C/C=C\C/C=C\C/C=C\C/C=C\CC)OC(=O)CCCCCCC/C=C\CCCCCCCC)OC(=O)C/C=C\C/C=C\C/C=C\C/C=C\C/C=C\CC. The number of hydrogen-bond acceptors (Lipinski definition) is 15. The molecule has 0 aliphatic heterocycles. The lowest BCUT2D eigenvalue weighted by atomic mass is 10.1. The number of ether oxygens (including phenoxy) is 4. The second-order valence-corrected chi connectivity index (χ2v) is 29.1. The second-order valence-electron chi connectivity index (χ2n) is 26.2. The number of allylic oxidation sites excluding steroid dienone is 31. The van der Waals surface area contributed by atoms with Gasteiger partial charge in [-0.2, -0.15) is 0 Å². The number of phosphoric ester groups is 2. The van der Waals surface area contributed by atoms with Crippen LogP contribution in [0.1, 0.15) is 285 Å². The van der Waals surface area contributed by atoms with Gasteiger partial charge in [0.2, 0.25) is 0 Å². The summed E-state index contributed by atoms with van der Waals surface area (Å²) in [6.07, 6.45) is 97.3. The summed E-state index contributed by atoms with van der Waals surface area (Å²) in [5.41, 5.74) is 0. The zero-order chi connectivity index (χ0) is 78.9. The Kier molecular flexibility index (Phi) is 74.5. The van der Waals surface area contributed by atoms with Crippen LogP contribution in [0.4, 0.5) is 0 Å². The Morgan fingerprint density at radius 2 is 0.519 bits per heavy atom. The molecule has 0 aromatic heterocycles. The first-order chi connectivity index (χ1) is 52.7. The van der Waals surface area contributed by atoms with E-state index in [1.165, 1.54) is 38.5 Å². The van der Waals surface area contributed by atoms with Crippen LogP contribution in [0.2, 0.25) is 0 Å². The maximum atomic E-state index is 13.1. The number of unbranched alkanes of at least 4 members (excludes halogenated alkanes) is 17. The minimum atomic E-state index is -5.02. The first kappa shape index (κ1) is 102. The summed E-state index contributed by atoms with van der Waals surface area (Å²) < 4.78 is 68.5. The molecule has 0 heterocycles. The highest BCUT2D eigenvalue weighted by molar-refractivity contribution is 7.47. The molecule has 0 aromatic carbocycles. The Labute approximate surface area is 653 Å². The average molecular weight is 1550 g/mol. The molecule has 5 atom stereocenters. The molecular formula is C89H142O17P2. The summed E-state index contributed by atoms with van der Waals surface area (Å²) in [7, 11) is -10.0. The Morgan fingerprint density at radius 1 is 0.278 bits per heavy atom. The maximum Gasteiger partial charge on any atom is 0.472 e. The predicted molar refractivity (Wildman–Crippen MR) is 445 cm³/mol. The van der Waals surface area contributed by atoms with E-state index in [4.69, 9.17) is 37.0 Å². The number of esters is 4. The molecule has 0 spiro atoms. The van der Waals surface area contributed by atoms with Crippen molar-refractivity contribution < 1.29 is 80.2 Å². The van der Waals surface area contributed by atoms with Crippen LogP contribution < -0.4 is 0 Å². The van der Waals surface area contributed by atoms with Crippen molar-refractivity contribution in [3.05, 3.63) is 194 Å². The van der Waals surface area contributed by atoms with Gasteiger partial charge < -0.3 is 33.8 Å². The van der Waals surface area contributed by atoms with Gasteiger partial charge in [0, 0.05) is 19.3 Å². The van der Waals surface area contributed by atoms with E-state index in [9.17, 15) is 43.2 Å². The van der Waals surface area contributed by atoms with E-state index in [1.54, 1.807) is 12.2 Å². The van der Waals surface area contributed by atoms with Gasteiger partial charge in [-0.05, 0) is 167 Å². The number of carbonyl (C=O) groups is 4. The van der Waals surface area contributed by atoms with Crippen LogP contribution in [0.15, 0.2) is 194 Å². The van der Waals surface area contributed by atoms with Gasteiger partial charge in [-0.3, -0.25) is 37.3 Å². The number of rotatable bonds is 74. The van der Waals surface area contributed by atoms with Gasteiger partial charge in [0.25, 0.3) is 0 Å². The van der Waals surface area contributed by atoms with Gasteiger partial charge in [0.05, 0.1) is 32.8 Å². The quantitative estimate of drug-likeness (QED) is 0.0169. The predicted octanol–water partition coefficient (Wildman–Crippen LogP) is 24.1. The summed E-state index contributed by atoms with van der Waals surface area (Å²) in [5.74, 6) is -2.43. The van der Waals surface area contributed by atoms with E-state index >= 15 is 0 Å². The van der Waals surface area contributed by atoms with Crippen LogP contribution in [0, 0.1) is 0 Å². The molecule has 0 bridgehead atoms. The first-order valence-corrected chi connectivity index (χ1v) is 43.7. The third-order valence-electron chi connectivity index (χ3n) is 16.1. The lowest BCUT2D eigenvalue weighted by Gasteiger charge is -2.21. The minimum Gasteiger partial charge on any atom is -0.462 e. The molecule has 0 aliphatic rings. The van der Waals surface area contributed by atoms with Crippen molar-refractivity contribution in [1.82, 2.24) is 0 Å². The molecule has 0 fully saturated rings. The molecule has 0 radical (unpaired) electrons. The van der Waals surface area contributed by atoms with Gasteiger partial charge in [-0.25, -0.2) is 9.13 Å². The normalized spacial score (nSPS) is 14.8. The Balaban J connectivity index is 5.51. The van der Waals surface area contributed by atoms with E-state index in [1.807, 2.05) is 12.2 Å². The van der Waals surface area contributed by atoms with E-state index in [-0.39, 0.29) is 25.7 Å². The lowest BCUT2D eigenvalue weighted by molar-refractivity contribution is -0.161. The number of carbonyl (C=O) groups excluding carboxylic acids is 4. The number of aliphatic hydroxyl groups is 1. The third-order valence-corrected chi connectivity index (χ3v) is 18.0. The first-order valence-electron chi connectivity index (χ1n) is 40.7. The van der Waals surface area contributed by atoms with E-state index in [0.29, 0.717) is 25.7 Å². The highest BCUT2D eigenvalue weighted by Crippen LogP contribution is 2.45. The summed E-state index contributed by atoms with van der Waals surface area (Å²) in [4.78, 5) is 73.0. The van der Waals surface area contributed by atoms with Crippen LogP contribution in [0.5, 0.6) is 0 Å². The van der Waals surface area contributed by atoms with Crippen molar-refractivity contribution in [2.45, 2.75) is 303 Å². The molecule has 5 unspecified atom stereocenters. The van der Waals surface area contributed by atoms with Gasteiger partial charge in [-0.1, -0.05) is 286 Å². The molecule has 0 saturated carbocycles. The smallest absolute Gasteiger partial charge is 0.462 e. The number of aliphatic hydroxyl groups excluding tert-OH is 1. The molecule has 610 valence electrons. The van der Waals surface area contributed by atoms with Crippen molar-refractivity contribution in [2.75, 3.05) is 39.6 Å². The molecule has 0 amide bonds. The number of phosphoric acid groups is 2.